The molecule has 1 aromatic carbocycles. The number of pyridine rings is 1. The number of nitrogens with two attached hydrogens (primary N) is 1. The molecule has 0 radical (unpaired) electrons. The van der Waals surface area contributed by atoms with Crippen LogP contribution in [0.2, 0.25) is 0 Å². The molecule has 2 aromatic rings. The van der Waals surface area contributed by atoms with Gasteiger partial charge in [0.05, 0.1) is 12.3 Å². The van der Waals surface area contributed by atoms with Crippen LogP contribution in [0.25, 0.3) is 17.2 Å². The van der Waals surface area contributed by atoms with E-state index in [0.29, 0.717) is 31.0 Å². The third-order valence-electron chi connectivity index (χ3n) is 4.73. The Hall–Kier alpha value is -2.99. The molecule has 2 N–H and O–H groups in total. The normalized spacial score (nSPS) is 13.2. The molecule has 152 valence electrons. The second-order valence-corrected chi connectivity index (χ2v) is 6.94. The molecule has 6 heteroatoms. The van der Waals surface area contributed by atoms with Gasteiger partial charge in [-0.2, -0.15) is 0 Å². The molecule has 0 saturated heterocycles. The number of hydrogen-bond donors (Lipinski definition) is 1. The number of aliphatic imine (C=N–C) groups is 1. The van der Waals surface area contributed by atoms with Gasteiger partial charge in [-0.15, -0.1) is 0 Å². The topological polar surface area (TPSA) is 80.8 Å². The Labute approximate surface area is 172 Å². The van der Waals surface area contributed by atoms with Crippen LogP contribution in [-0.2, 0) is 16.1 Å². The molecule has 0 aliphatic carbocycles. The van der Waals surface area contributed by atoms with E-state index in [4.69, 9.17) is 10.6 Å². The summed E-state index contributed by atoms with van der Waals surface area (Å²) in [4.78, 5) is 27.5. The molecule has 6 nitrogen and oxygen atoms in total. The molecule has 1 aliphatic heterocycles. The summed E-state index contributed by atoms with van der Waals surface area (Å²) in [6.07, 6.45) is 5.75. The number of fused-ring (bicyclic) bond motifs is 1. The summed E-state index contributed by atoms with van der Waals surface area (Å²) >= 11 is 0. The van der Waals surface area contributed by atoms with Crippen LogP contribution in [0.4, 0.5) is 5.69 Å². The van der Waals surface area contributed by atoms with Crippen LogP contribution in [0.1, 0.15) is 44.9 Å². The van der Waals surface area contributed by atoms with E-state index in [0.717, 1.165) is 40.9 Å². The third-order valence-corrected chi connectivity index (χ3v) is 4.73. The fourth-order valence-corrected chi connectivity index (χ4v) is 3.26. The number of rotatable bonds is 7. The van der Waals surface area contributed by atoms with Crippen molar-refractivity contribution < 1.29 is 9.63 Å². The number of hydrogen-bond acceptors (Lipinski definition) is 5. The van der Waals surface area contributed by atoms with Crippen molar-refractivity contribution in [1.82, 2.24) is 10.0 Å². The number of benzene rings is 1. The van der Waals surface area contributed by atoms with Crippen LogP contribution in [0.15, 0.2) is 47.1 Å². The van der Waals surface area contributed by atoms with Crippen LogP contribution < -0.4 is 5.73 Å². The van der Waals surface area contributed by atoms with Gasteiger partial charge < -0.3 is 5.73 Å². The molecule has 0 saturated carbocycles. The van der Waals surface area contributed by atoms with Crippen molar-refractivity contribution in [2.75, 3.05) is 13.2 Å². The standard InChI is InChI=1S/C23H28N4O2/c1-4-11-27(29-6-3)23(28)19-12-17-8-7-16(13-21(17)26-22(24)14-19)18-9-10-20(5-2)25-15-18/h7-10,12-13,15H,4-6,11,14H2,1-3H3,(H2,24,26). The molecule has 2 heterocycles. The summed E-state index contributed by atoms with van der Waals surface area (Å²) in [7, 11) is 0. The number of aromatic nitrogens is 1. The largest absolute Gasteiger partial charge is 0.387 e. The maximum absolute atomic E-state index is 12.9. The Kier molecular flexibility index (Phi) is 6.77. The smallest absolute Gasteiger partial charge is 0.273 e. The lowest BCUT2D eigenvalue weighted by Gasteiger charge is -2.21. The number of carbonyl (C=O) groups excluding carboxylic acids is 1. The molecular formula is C23H28N4O2. The summed E-state index contributed by atoms with van der Waals surface area (Å²) in [6, 6.07) is 10.1. The van der Waals surface area contributed by atoms with Crippen molar-refractivity contribution in [2.24, 2.45) is 10.7 Å². The fourth-order valence-electron chi connectivity index (χ4n) is 3.26. The quantitative estimate of drug-likeness (QED) is 0.713. The maximum atomic E-state index is 12.9. The first-order valence-corrected chi connectivity index (χ1v) is 10.1. The van der Waals surface area contributed by atoms with E-state index in [9.17, 15) is 4.79 Å². The highest BCUT2D eigenvalue weighted by atomic mass is 16.7. The van der Waals surface area contributed by atoms with Gasteiger partial charge in [-0.25, -0.2) is 10.1 Å². The number of hydroxylamine groups is 2. The van der Waals surface area contributed by atoms with E-state index in [1.165, 1.54) is 5.06 Å². The fraction of sp³-hybridized carbons (Fsp3) is 0.348. The van der Waals surface area contributed by atoms with E-state index < -0.39 is 0 Å². The minimum absolute atomic E-state index is 0.164. The Morgan fingerprint density at radius 3 is 2.62 bits per heavy atom. The minimum Gasteiger partial charge on any atom is -0.387 e. The molecule has 1 aromatic heterocycles. The van der Waals surface area contributed by atoms with Gasteiger partial charge in [0.25, 0.3) is 5.91 Å². The second kappa shape index (κ2) is 9.47. The van der Waals surface area contributed by atoms with Crippen molar-refractivity contribution in [1.29, 1.82) is 0 Å². The van der Waals surface area contributed by atoms with Crippen LogP contribution in [-0.4, -0.2) is 34.9 Å². The first-order chi connectivity index (χ1) is 14.0. The van der Waals surface area contributed by atoms with Crippen LogP contribution >= 0.6 is 0 Å². The first-order valence-electron chi connectivity index (χ1n) is 10.1. The lowest BCUT2D eigenvalue weighted by Crippen LogP contribution is -2.34. The Bertz CT molecular complexity index is 926. The average molecular weight is 393 g/mol. The Morgan fingerprint density at radius 2 is 1.97 bits per heavy atom. The predicted octanol–water partition coefficient (Wildman–Crippen LogP) is 4.28. The van der Waals surface area contributed by atoms with E-state index in [-0.39, 0.29) is 5.91 Å². The summed E-state index contributed by atoms with van der Waals surface area (Å²) in [5.74, 6) is 0.246. The highest BCUT2D eigenvalue weighted by molar-refractivity contribution is 6.05. The summed E-state index contributed by atoms with van der Waals surface area (Å²) in [5.41, 5.74) is 11.4. The average Bonchev–Trinajstić information content (AvgIpc) is 2.90. The van der Waals surface area contributed by atoms with Gasteiger partial charge in [-0.3, -0.25) is 14.6 Å². The van der Waals surface area contributed by atoms with Gasteiger partial charge in [0, 0.05) is 41.6 Å². The van der Waals surface area contributed by atoms with E-state index in [2.05, 4.69) is 23.0 Å². The summed E-state index contributed by atoms with van der Waals surface area (Å²) < 4.78 is 0. The molecule has 3 rings (SSSR count). The molecule has 0 bridgehead atoms. The van der Waals surface area contributed by atoms with E-state index in [1.807, 2.05) is 50.4 Å². The van der Waals surface area contributed by atoms with Crippen LogP contribution in [0.3, 0.4) is 0 Å². The molecular weight excluding hydrogens is 364 g/mol. The molecule has 0 spiro atoms. The first kappa shape index (κ1) is 20.7. The van der Waals surface area contributed by atoms with Crippen molar-refractivity contribution >= 4 is 23.5 Å². The minimum atomic E-state index is -0.164. The van der Waals surface area contributed by atoms with Crippen molar-refractivity contribution in [3.05, 3.63) is 53.4 Å². The highest BCUT2D eigenvalue weighted by Gasteiger charge is 2.22. The number of amidine groups is 1. The van der Waals surface area contributed by atoms with Gasteiger partial charge in [0.2, 0.25) is 0 Å². The van der Waals surface area contributed by atoms with Crippen LogP contribution in [0, 0.1) is 0 Å². The van der Waals surface area contributed by atoms with Crippen molar-refractivity contribution in [3.8, 4) is 11.1 Å². The molecule has 1 aliphatic rings. The summed E-state index contributed by atoms with van der Waals surface area (Å²) in [6.45, 7) is 6.93. The Morgan fingerprint density at radius 1 is 1.17 bits per heavy atom. The number of nitrogens with zero attached hydrogens (tertiary/aromatic N) is 3. The van der Waals surface area contributed by atoms with Gasteiger partial charge in [0.1, 0.15) is 5.84 Å². The lowest BCUT2D eigenvalue weighted by atomic mass is 10.0. The second-order valence-electron chi connectivity index (χ2n) is 6.94. The lowest BCUT2D eigenvalue weighted by molar-refractivity contribution is -0.180. The van der Waals surface area contributed by atoms with Gasteiger partial charge in [-0.05, 0) is 43.5 Å². The highest BCUT2D eigenvalue weighted by Crippen LogP contribution is 2.32. The number of aryl methyl sites for hydroxylation is 1. The molecule has 29 heavy (non-hydrogen) atoms. The van der Waals surface area contributed by atoms with Gasteiger partial charge >= 0.3 is 0 Å². The maximum Gasteiger partial charge on any atom is 0.273 e. The number of amides is 1. The van der Waals surface area contributed by atoms with Crippen molar-refractivity contribution in [3.63, 3.8) is 0 Å². The number of carbonyl (C=O) groups is 1. The molecule has 0 unspecified atom stereocenters. The molecule has 0 fully saturated rings. The predicted molar refractivity (Wildman–Crippen MR) is 117 cm³/mol. The van der Waals surface area contributed by atoms with E-state index >= 15 is 0 Å². The van der Waals surface area contributed by atoms with Crippen molar-refractivity contribution in [2.45, 2.75) is 40.0 Å². The zero-order chi connectivity index (χ0) is 20.8. The zero-order valence-electron chi connectivity index (χ0n) is 17.3. The Balaban J connectivity index is 1.94. The molecule has 1 amide bonds. The SMILES string of the molecule is CCCN(OCC)C(=O)C1=Cc2ccc(-c3ccc(CC)nc3)cc2N=C(N)C1. The van der Waals surface area contributed by atoms with Gasteiger partial charge in [0.15, 0.2) is 0 Å². The van der Waals surface area contributed by atoms with E-state index in [1.54, 1.807) is 0 Å². The third kappa shape index (κ3) is 4.90. The van der Waals surface area contributed by atoms with Gasteiger partial charge in [-0.1, -0.05) is 32.0 Å². The van der Waals surface area contributed by atoms with Crippen LogP contribution in [0.5, 0.6) is 0 Å². The monoisotopic (exact) mass is 392 g/mol. The summed E-state index contributed by atoms with van der Waals surface area (Å²) in [5, 5.41) is 1.42. The zero-order valence-corrected chi connectivity index (χ0v) is 17.3. The molecule has 0 atom stereocenters.